The highest BCUT2D eigenvalue weighted by molar-refractivity contribution is 5.38. The van der Waals surface area contributed by atoms with Crippen molar-refractivity contribution in [3.05, 3.63) is 36.0 Å². The van der Waals surface area contributed by atoms with E-state index >= 15 is 0 Å². The molecule has 0 spiro atoms. The van der Waals surface area contributed by atoms with Crippen molar-refractivity contribution < 1.29 is 9.47 Å². The molecule has 1 aromatic heterocycles. The lowest BCUT2D eigenvalue weighted by molar-refractivity contribution is 0.306. The van der Waals surface area contributed by atoms with Crippen LogP contribution in [0.2, 0.25) is 0 Å². The molecule has 5 heteroatoms. The molecule has 18 heavy (non-hydrogen) atoms. The van der Waals surface area contributed by atoms with E-state index in [0.717, 1.165) is 23.6 Å². The molecule has 0 bridgehead atoms. The fourth-order valence-electron chi connectivity index (χ4n) is 1.63. The van der Waals surface area contributed by atoms with Gasteiger partial charge in [-0.3, -0.25) is 4.68 Å². The molecule has 0 fully saturated rings. The van der Waals surface area contributed by atoms with Crippen molar-refractivity contribution in [2.45, 2.75) is 20.1 Å². The van der Waals surface area contributed by atoms with Crippen LogP contribution in [0.5, 0.6) is 11.5 Å². The molecule has 0 radical (unpaired) electrons. The fourth-order valence-corrected chi connectivity index (χ4v) is 1.63. The SMILES string of the molecule is CCn1ncc(COc2ccc(OC)cc2)c1N. The minimum absolute atomic E-state index is 0.415. The topological polar surface area (TPSA) is 62.3 Å². The first-order chi connectivity index (χ1) is 8.74. The van der Waals surface area contributed by atoms with Gasteiger partial charge in [0.15, 0.2) is 0 Å². The lowest BCUT2D eigenvalue weighted by Gasteiger charge is -2.07. The van der Waals surface area contributed by atoms with Crippen molar-refractivity contribution in [1.82, 2.24) is 9.78 Å². The monoisotopic (exact) mass is 247 g/mol. The van der Waals surface area contributed by atoms with Gasteiger partial charge in [-0.1, -0.05) is 0 Å². The molecule has 0 aliphatic heterocycles. The second-order valence-electron chi connectivity index (χ2n) is 3.84. The Hall–Kier alpha value is -2.17. The third kappa shape index (κ3) is 2.56. The quantitative estimate of drug-likeness (QED) is 0.878. The smallest absolute Gasteiger partial charge is 0.128 e. The summed E-state index contributed by atoms with van der Waals surface area (Å²) in [4.78, 5) is 0. The van der Waals surface area contributed by atoms with Crippen molar-refractivity contribution in [2.75, 3.05) is 12.8 Å². The number of anilines is 1. The van der Waals surface area contributed by atoms with Crippen molar-refractivity contribution >= 4 is 5.82 Å². The van der Waals surface area contributed by atoms with Crippen LogP contribution >= 0.6 is 0 Å². The maximum absolute atomic E-state index is 5.92. The summed E-state index contributed by atoms with van der Waals surface area (Å²) >= 11 is 0. The second kappa shape index (κ2) is 5.44. The van der Waals surface area contributed by atoms with Gasteiger partial charge in [-0.05, 0) is 31.2 Å². The largest absolute Gasteiger partial charge is 0.497 e. The highest BCUT2D eigenvalue weighted by Crippen LogP contribution is 2.19. The van der Waals surface area contributed by atoms with Gasteiger partial charge in [0.25, 0.3) is 0 Å². The van der Waals surface area contributed by atoms with E-state index in [1.54, 1.807) is 18.0 Å². The van der Waals surface area contributed by atoms with Crippen LogP contribution in [0.15, 0.2) is 30.5 Å². The Morgan fingerprint density at radius 1 is 1.22 bits per heavy atom. The summed E-state index contributed by atoms with van der Waals surface area (Å²) < 4.78 is 12.5. The Bertz CT molecular complexity index is 505. The second-order valence-corrected chi connectivity index (χ2v) is 3.84. The van der Waals surface area contributed by atoms with Gasteiger partial charge in [-0.25, -0.2) is 0 Å². The van der Waals surface area contributed by atoms with Crippen molar-refractivity contribution in [2.24, 2.45) is 0 Å². The minimum atomic E-state index is 0.415. The summed E-state index contributed by atoms with van der Waals surface area (Å²) in [6.45, 7) is 3.17. The van der Waals surface area contributed by atoms with Gasteiger partial charge in [-0.2, -0.15) is 5.10 Å². The zero-order valence-corrected chi connectivity index (χ0v) is 10.6. The van der Waals surface area contributed by atoms with Crippen LogP contribution in [0.3, 0.4) is 0 Å². The van der Waals surface area contributed by atoms with Gasteiger partial charge in [0, 0.05) is 6.54 Å². The first-order valence-corrected chi connectivity index (χ1v) is 5.81. The summed E-state index contributed by atoms with van der Waals surface area (Å²) in [5, 5.41) is 4.17. The van der Waals surface area contributed by atoms with Crippen LogP contribution in [-0.2, 0) is 13.2 Å². The molecule has 2 aromatic rings. The van der Waals surface area contributed by atoms with Crippen LogP contribution in [0.4, 0.5) is 5.82 Å². The predicted molar refractivity (Wildman–Crippen MR) is 69.6 cm³/mol. The average Bonchev–Trinajstić information content (AvgIpc) is 2.77. The highest BCUT2D eigenvalue weighted by Gasteiger charge is 2.06. The Kier molecular flexibility index (Phi) is 3.72. The lowest BCUT2D eigenvalue weighted by Crippen LogP contribution is -2.04. The molecule has 0 saturated heterocycles. The van der Waals surface area contributed by atoms with Gasteiger partial charge in [0.1, 0.15) is 23.9 Å². The fraction of sp³-hybridized carbons (Fsp3) is 0.308. The van der Waals surface area contributed by atoms with Crippen LogP contribution in [0.25, 0.3) is 0 Å². The van der Waals surface area contributed by atoms with Crippen LogP contribution < -0.4 is 15.2 Å². The van der Waals surface area contributed by atoms with Crippen molar-refractivity contribution in [3.63, 3.8) is 0 Å². The third-order valence-electron chi connectivity index (χ3n) is 2.71. The van der Waals surface area contributed by atoms with E-state index in [0.29, 0.717) is 12.4 Å². The van der Waals surface area contributed by atoms with Gasteiger partial charge >= 0.3 is 0 Å². The minimum Gasteiger partial charge on any atom is -0.497 e. The molecule has 0 atom stereocenters. The third-order valence-corrected chi connectivity index (χ3v) is 2.71. The Morgan fingerprint density at radius 3 is 2.44 bits per heavy atom. The van der Waals surface area contributed by atoms with E-state index in [2.05, 4.69) is 5.10 Å². The molecular formula is C13H17N3O2. The molecular weight excluding hydrogens is 230 g/mol. The molecule has 0 amide bonds. The van der Waals surface area contributed by atoms with E-state index in [4.69, 9.17) is 15.2 Å². The summed E-state index contributed by atoms with van der Waals surface area (Å²) in [5.74, 6) is 2.24. The summed E-state index contributed by atoms with van der Waals surface area (Å²) in [5.41, 5.74) is 6.82. The number of nitrogens with zero attached hydrogens (tertiary/aromatic N) is 2. The number of hydrogen-bond donors (Lipinski definition) is 1. The number of rotatable bonds is 5. The number of methoxy groups -OCH3 is 1. The standard InChI is InChI=1S/C13H17N3O2/c1-3-16-13(14)10(8-15-16)9-18-12-6-4-11(17-2)5-7-12/h4-8H,3,9,14H2,1-2H3. The Balaban J connectivity index is 1.99. The summed E-state index contributed by atoms with van der Waals surface area (Å²) in [6, 6.07) is 7.43. The number of benzene rings is 1. The van der Waals surface area contributed by atoms with E-state index in [-0.39, 0.29) is 0 Å². The molecule has 0 aliphatic carbocycles. The zero-order valence-electron chi connectivity index (χ0n) is 10.6. The van der Waals surface area contributed by atoms with Gasteiger partial charge in [0.2, 0.25) is 0 Å². The van der Waals surface area contributed by atoms with E-state index < -0.39 is 0 Å². The molecule has 0 unspecified atom stereocenters. The van der Waals surface area contributed by atoms with Crippen LogP contribution in [0, 0.1) is 0 Å². The number of hydrogen-bond acceptors (Lipinski definition) is 4. The number of aryl methyl sites for hydroxylation is 1. The molecule has 1 aromatic carbocycles. The van der Waals surface area contributed by atoms with Gasteiger partial charge < -0.3 is 15.2 Å². The highest BCUT2D eigenvalue weighted by atomic mass is 16.5. The zero-order chi connectivity index (χ0) is 13.0. The average molecular weight is 247 g/mol. The van der Waals surface area contributed by atoms with Crippen LogP contribution in [0.1, 0.15) is 12.5 Å². The van der Waals surface area contributed by atoms with Crippen LogP contribution in [-0.4, -0.2) is 16.9 Å². The normalized spacial score (nSPS) is 10.3. The van der Waals surface area contributed by atoms with E-state index in [1.165, 1.54) is 0 Å². The van der Waals surface area contributed by atoms with E-state index in [1.807, 2.05) is 31.2 Å². The van der Waals surface area contributed by atoms with Gasteiger partial charge in [-0.15, -0.1) is 0 Å². The molecule has 0 aliphatic rings. The predicted octanol–water partition coefficient (Wildman–Crippen LogP) is 2.07. The Morgan fingerprint density at radius 2 is 1.89 bits per heavy atom. The lowest BCUT2D eigenvalue weighted by atomic mass is 10.3. The Labute approximate surface area is 106 Å². The maximum Gasteiger partial charge on any atom is 0.128 e. The molecule has 0 saturated carbocycles. The molecule has 2 N–H and O–H groups in total. The summed E-state index contributed by atoms with van der Waals surface area (Å²) in [6.07, 6.45) is 1.74. The number of nitrogens with two attached hydrogens (primary N) is 1. The van der Waals surface area contributed by atoms with Crippen molar-refractivity contribution in [1.29, 1.82) is 0 Å². The first-order valence-electron chi connectivity index (χ1n) is 5.81. The molecule has 2 rings (SSSR count). The molecule has 5 nitrogen and oxygen atoms in total. The van der Waals surface area contributed by atoms with E-state index in [9.17, 15) is 0 Å². The van der Waals surface area contributed by atoms with Crippen molar-refractivity contribution in [3.8, 4) is 11.5 Å². The first kappa shape index (κ1) is 12.3. The molecule has 1 heterocycles. The number of nitrogen functional groups attached to an aromatic ring is 1. The van der Waals surface area contributed by atoms with Gasteiger partial charge in [0.05, 0.1) is 18.9 Å². The number of ether oxygens (including phenoxy) is 2. The summed E-state index contributed by atoms with van der Waals surface area (Å²) in [7, 11) is 1.63. The maximum atomic E-state index is 5.92. The number of aromatic nitrogens is 2. The molecule has 96 valence electrons.